The average molecular weight is 327 g/mol. The first kappa shape index (κ1) is 16.1. The maximum absolute atomic E-state index is 13.4. The summed E-state index contributed by atoms with van der Waals surface area (Å²) in [6.07, 6.45) is 0.504. The lowest BCUT2D eigenvalue weighted by Crippen LogP contribution is -2.49. The minimum atomic E-state index is -4.43. The molecular weight excluding hydrogens is 307 g/mol. The Morgan fingerprint density at radius 3 is 2.78 bits per heavy atom. The Labute approximate surface area is 132 Å². The smallest absolute Gasteiger partial charge is 0.321 e. The summed E-state index contributed by atoms with van der Waals surface area (Å²) in [6, 6.07) is 0.0785. The lowest BCUT2D eigenvalue weighted by Gasteiger charge is -2.32. The summed E-state index contributed by atoms with van der Waals surface area (Å²) in [5.74, 6) is -1.19. The molecule has 1 fully saturated rings. The minimum absolute atomic E-state index is 0.120. The highest BCUT2D eigenvalue weighted by atomic mass is 19.4. The summed E-state index contributed by atoms with van der Waals surface area (Å²) < 4.78 is 42.1. The first-order valence-corrected chi connectivity index (χ1v) is 7.95. The maximum Gasteiger partial charge on any atom is 0.409 e. The molecule has 0 saturated heterocycles. The van der Waals surface area contributed by atoms with Crippen LogP contribution in [0.3, 0.4) is 0 Å². The van der Waals surface area contributed by atoms with E-state index in [0.29, 0.717) is 18.5 Å². The zero-order chi connectivity index (χ0) is 16.6. The standard InChI is InChI=1S/C16H20F3N3O/c1-2-14(23)21(15(11-6-7-11)16(17,18)19)10-12-9-13-5-3-4-8-22(13)20-12/h2,9,11,15H,1,3-8,10H2. The van der Waals surface area contributed by atoms with Crippen LogP contribution in [0.4, 0.5) is 13.2 Å². The fraction of sp³-hybridized carbons (Fsp3) is 0.625. The van der Waals surface area contributed by atoms with Gasteiger partial charge in [0.1, 0.15) is 6.04 Å². The van der Waals surface area contributed by atoms with E-state index in [9.17, 15) is 18.0 Å². The van der Waals surface area contributed by atoms with Crippen LogP contribution in [0.5, 0.6) is 0 Å². The normalized spacial score (nSPS) is 19.1. The largest absolute Gasteiger partial charge is 0.409 e. The fourth-order valence-electron chi connectivity index (χ4n) is 3.27. The summed E-state index contributed by atoms with van der Waals surface area (Å²) in [5.41, 5.74) is 1.55. The first-order chi connectivity index (χ1) is 10.9. The second-order valence-electron chi connectivity index (χ2n) is 6.30. The Kier molecular flexibility index (Phi) is 4.21. The topological polar surface area (TPSA) is 38.1 Å². The Balaban J connectivity index is 1.85. The lowest BCUT2D eigenvalue weighted by atomic mass is 10.1. The third-order valence-electron chi connectivity index (χ3n) is 4.50. The van der Waals surface area contributed by atoms with Crippen LogP contribution in [0, 0.1) is 5.92 Å². The van der Waals surface area contributed by atoms with E-state index >= 15 is 0 Å². The van der Waals surface area contributed by atoms with Gasteiger partial charge in [0.25, 0.3) is 0 Å². The molecule has 4 nitrogen and oxygen atoms in total. The van der Waals surface area contributed by atoms with E-state index in [-0.39, 0.29) is 6.54 Å². The molecule has 1 aromatic rings. The number of carbonyl (C=O) groups excluding carboxylic acids is 1. The molecule has 126 valence electrons. The Hall–Kier alpha value is -1.79. The van der Waals surface area contributed by atoms with Crippen LogP contribution >= 0.6 is 0 Å². The first-order valence-electron chi connectivity index (χ1n) is 7.95. The van der Waals surface area contributed by atoms with Gasteiger partial charge in [-0.25, -0.2) is 0 Å². The van der Waals surface area contributed by atoms with Gasteiger partial charge in [0, 0.05) is 12.2 Å². The van der Waals surface area contributed by atoms with Crippen LogP contribution in [0.1, 0.15) is 37.1 Å². The molecule has 1 atom stereocenters. The number of fused-ring (bicyclic) bond motifs is 1. The predicted octanol–water partition coefficient (Wildman–Crippen LogP) is 3.07. The molecule has 1 aromatic heterocycles. The molecule has 0 N–H and O–H groups in total. The molecule has 1 saturated carbocycles. The predicted molar refractivity (Wildman–Crippen MR) is 78.5 cm³/mol. The number of aryl methyl sites for hydroxylation is 2. The van der Waals surface area contributed by atoms with Gasteiger partial charge in [0.15, 0.2) is 0 Å². The van der Waals surface area contributed by atoms with Crippen molar-refractivity contribution in [3.63, 3.8) is 0 Å². The zero-order valence-electron chi connectivity index (χ0n) is 12.9. The number of aromatic nitrogens is 2. The van der Waals surface area contributed by atoms with E-state index in [2.05, 4.69) is 11.7 Å². The number of alkyl halides is 3. The van der Waals surface area contributed by atoms with E-state index < -0.39 is 24.0 Å². The number of carbonyl (C=O) groups is 1. The molecular formula is C16H20F3N3O. The number of halogens is 3. The number of nitrogens with zero attached hydrogens (tertiary/aromatic N) is 3. The Morgan fingerprint density at radius 1 is 1.48 bits per heavy atom. The summed E-state index contributed by atoms with van der Waals surface area (Å²) >= 11 is 0. The summed E-state index contributed by atoms with van der Waals surface area (Å²) in [6.45, 7) is 4.02. The van der Waals surface area contributed by atoms with Gasteiger partial charge in [-0.15, -0.1) is 0 Å². The molecule has 2 heterocycles. The molecule has 1 aliphatic heterocycles. The fourth-order valence-corrected chi connectivity index (χ4v) is 3.27. The van der Waals surface area contributed by atoms with Gasteiger partial charge in [0.2, 0.25) is 5.91 Å². The highest BCUT2D eigenvalue weighted by Crippen LogP contribution is 2.43. The molecule has 0 aromatic carbocycles. The van der Waals surface area contributed by atoms with Gasteiger partial charge in [-0.05, 0) is 50.2 Å². The quantitative estimate of drug-likeness (QED) is 0.780. The molecule has 1 unspecified atom stereocenters. The van der Waals surface area contributed by atoms with Crippen molar-refractivity contribution < 1.29 is 18.0 Å². The third-order valence-corrected chi connectivity index (χ3v) is 4.50. The van der Waals surface area contributed by atoms with Crippen molar-refractivity contribution in [2.24, 2.45) is 5.92 Å². The molecule has 3 rings (SSSR count). The van der Waals surface area contributed by atoms with Crippen LogP contribution in [0.25, 0.3) is 0 Å². The summed E-state index contributed by atoms with van der Waals surface area (Å²) in [5, 5.41) is 4.37. The van der Waals surface area contributed by atoms with Crippen LogP contribution in [0.2, 0.25) is 0 Å². The molecule has 0 bridgehead atoms. The van der Waals surface area contributed by atoms with Crippen LogP contribution < -0.4 is 0 Å². The van der Waals surface area contributed by atoms with Crippen molar-refractivity contribution in [1.29, 1.82) is 0 Å². The molecule has 23 heavy (non-hydrogen) atoms. The molecule has 1 aliphatic carbocycles. The molecule has 2 aliphatic rings. The number of rotatable bonds is 5. The van der Waals surface area contributed by atoms with Crippen molar-refractivity contribution in [1.82, 2.24) is 14.7 Å². The minimum Gasteiger partial charge on any atom is -0.321 e. The van der Waals surface area contributed by atoms with Gasteiger partial charge >= 0.3 is 6.18 Å². The summed E-state index contributed by atoms with van der Waals surface area (Å²) in [4.78, 5) is 12.9. The van der Waals surface area contributed by atoms with Crippen LogP contribution in [-0.2, 0) is 24.3 Å². The number of hydrogen-bond acceptors (Lipinski definition) is 2. The zero-order valence-corrected chi connectivity index (χ0v) is 12.9. The second kappa shape index (κ2) is 6.02. The Morgan fingerprint density at radius 2 is 2.22 bits per heavy atom. The SMILES string of the molecule is C=CC(=O)N(Cc1cc2n(n1)CCCC2)C(C1CC1)C(F)(F)F. The van der Waals surface area contributed by atoms with Crippen molar-refractivity contribution in [3.05, 3.63) is 30.1 Å². The monoisotopic (exact) mass is 327 g/mol. The van der Waals surface area contributed by atoms with Gasteiger partial charge in [-0.3, -0.25) is 9.48 Å². The third kappa shape index (κ3) is 3.43. The highest BCUT2D eigenvalue weighted by molar-refractivity contribution is 5.87. The lowest BCUT2D eigenvalue weighted by molar-refractivity contribution is -0.194. The van der Waals surface area contributed by atoms with Gasteiger partial charge in [0.05, 0.1) is 12.2 Å². The van der Waals surface area contributed by atoms with E-state index in [0.717, 1.165) is 42.5 Å². The molecule has 0 radical (unpaired) electrons. The van der Waals surface area contributed by atoms with Crippen molar-refractivity contribution >= 4 is 5.91 Å². The van der Waals surface area contributed by atoms with Crippen molar-refractivity contribution in [2.45, 2.75) is 57.4 Å². The van der Waals surface area contributed by atoms with Gasteiger partial charge in [-0.1, -0.05) is 6.58 Å². The average Bonchev–Trinajstić information content (AvgIpc) is 3.22. The Bertz CT molecular complexity index is 581. The van der Waals surface area contributed by atoms with E-state index in [1.807, 2.05) is 10.7 Å². The second-order valence-corrected chi connectivity index (χ2v) is 6.30. The van der Waals surface area contributed by atoms with E-state index in [4.69, 9.17) is 0 Å². The summed E-state index contributed by atoms with van der Waals surface area (Å²) in [7, 11) is 0. The van der Waals surface area contributed by atoms with Crippen molar-refractivity contribution in [3.8, 4) is 0 Å². The van der Waals surface area contributed by atoms with Crippen molar-refractivity contribution in [2.75, 3.05) is 0 Å². The van der Waals surface area contributed by atoms with Crippen LogP contribution in [0.15, 0.2) is 18.7 Å². The highest BCUT2D eigenvalue weighted by Gasteiger charge is 2.53. The molecule has 0 spiro atoms. The maximum atomic E-state index is 13.4. The molecule has 1 amide bonds. The number of hydrogen-bond donors (Lipinski definition) is 0. The number of amides is 1. The van der Waals surface area contributed by atoms with E-state index in [1.165, 1.54) is 0 Å². The van der Waals surface area contributed by atoms with E-state index in [1.54, 1.807) is 0 Å². The molecule has 7 heteroatoms. The van der Waals surface area contributed by atoms with Gasteiger partial charge < -0.3 is 4.90 Å². The van der Waals surface area contributed by atoms with Crippen LogP contribution in [-0.4, -0.2) is 32.8 Å². The van der Waals surface area contributed by atoms with Gasteiger partial charge in [-0.2, -0.15) is 18.3 Å².